The highest BCUT2D eigenvalue weighted by molar-refractivity contribution is 6.14. The van der Waals surface area contributed by atoms with E-state index in [1.165, 1.54) is 0 Å². The number of anilines is 3. The molecular weight excluding hydrogens is 735 g/mol. The van der Waals surface area contributed by atoms with Crippen LogP contribution in [0.1, 0.15) is 16.4 Å². The summed E-state index contributed by atoms with van der Waals surface area (Å²) >= 11 is 0. The van der Waals surface area contributed by atoms with Gasteiger partial charge in [-0.15, -0.1) is 0 Å². The number of hydrogen-bond donors (Lipinski definition) is 0. The zero-order valence-corrected chi connectivity index (χ0v) is 32.7. The maximum Gasteiger partial charge on any atom is 0.0645 e. The van der Waals surface area contributed by atoms with E-state index >= 15 is 0 Å². The Morgan fingerprint density at radius 1 is 0.262 bits per heavy atom. The molecule has 1 heteroatoms. The van der Waals surface area contributed by atoms with Gasteiger partial charge in [0, 0.05) is 17.1 Å². The van der Waals surface area contributed by atoms with Gasteiger partial charge in [0.15, 0.2) is 0 Å². The second-order valence-corrected chi connectivity index (χ2v) is 14.7. The van der Waals surface area contributed by atoms with Crippen LogP contribution in [0, 0.1) is 0 Å². The maximum absolute atomic E-state index is 9.83. The number of benzene rings is 11. The van der Waals surface area contributed by atoms with Gasteiger partial charge in [0.25, 0.3) is 0 Å². The van der Waals surface area contributed by atoms with Gasteiger partial charge >= 0.3 is 0 Å². The molecule has 11 aromatic carbocycles. The van der Waals surface area contributed by atoms with E-state index in [4.69, 9.17) is 0 Å². The molecule has 0 heterocycles. The van der Waals surface area contributed by atoms with E-state index in [1.807, 2.05) is 158 Å². The Morgan fingerprint density at radius 2 is 0.689 bits per heavy atom. The van der Waals surface area contributed by atoms with Gasteiger partial charge in [-0.3, -0.25) is 0 Å². The molecule has 0 unspecified atom stereocenters. The van der Waals surface area contributed by atoms with Gasteiger partial charge in [0.05, 0.1) is 16.4 Å². The SMILES string of the molecule is [2H]c1c([2H])c(N(c2c([2H])c([2H])c(-c3ccc4ccccc4c3-c3ccccc3)c([2H])c2[2H])c2c([2H])c([2H])c(-c3cc4ccccc4c4ccccc34)c([2H])c2[2H])c([2H])c([2H])c1-c1ccc(-c2ccccc2)cc1. The van der Waals surface area contributed by atoms with Gasteiger partial charge in [0.2, 0.25) is 0 Å². The summed E-state index contributed by atoms with van der Waals surface area (Å²) in [7, 11) is 0. The van der Waals surface area contributed by atoms with Gasteiger partial charge in [-0.05, 0) is 130 Å². The average molecular weight is 788 g/mol. The lowest BCUT2D eigenvalue weighted by Crippen LogP contribution is -2.09. The van der Waals surface area contributed by atoms with Crippen LogP contribution in [0.3, 0.4) is 0 Å². The van der Waals surface area contributed by atoms with Crippen LogP contribution in [0.5, 0.6) is 0 Å². The third-order valence-electron chi connectivity index (χ3n) is 11.1. The third kappa shape index (κ3) is 6.83. The molecule has 0 aliphatic rings. The lowest BCUT2D eigenvalue weighted by Gasteiger charge is -2.26. The minimum absolute atomic E-state index is 0.0471. The molecule has 286 valence electrons. The molecular formula is C60H41N. The molecule has 0 aromatic heterocycles. The predicted molar refractivity (Wildman–Crippen MR) is 261 cm³/mol. The molecule has 0 aliphatic carbocycles. The van der Waals surface area contributed by atoms with Crippen LogP contribution in [0.4, 0.5) is 17.1 Å². The van der Waals surface area contributed by atoms with Gasteiger partial charge in [-0.1, -0.05) is 206 Å². The first kappa shape index (κ1) is 25.5. The Labute approximate surface area is 373 Å². The van der Waals surface area contributed by atoms with Crippen LogP contribution >= 0.6 is 0 Å². The molecule has 0 bridgehead atoms. The van der Waals surface area contributed by atoms with Crippen molar-refractivity contribution in [1.82, 2.24) is 0 Å². The lowest BCUT2D eigenvalue weighted by atomic mass is 9.90. The lowest BCUT2D eigenvalue weighted by molar-refractivity contribution is 1.28. The van der Waals surface area contributed by atoms with Crippen molar-refractivity contribution < 1.29 is 16.4 Å². The van der Waals surface area contributed by atoms with Crippen molar-refractivity contribution in [1.29, 1.82) is 0 Å². The van der Waals surface area contributed by atoms with Crippen LogP contribution < -0.4 is 4.90 Å². The van der Waals surface area contributed by atoms with E-state index in [1.54, 1.807) is 18.2 Å². The zero-order chi connectivity index (χ0) is 51.0. The Bertz CT molecular complexity index is 3960. The molecule has 11 aromatic rings. The number of hydrogen-bond acceptors (Lipinski definition) is 1. The second-order valence-electron chi connectivity index (χ2n) is 14.7. The van der Waals surface area contributed by atoms with Crippen molar-refractivity contribution in [3.05, 3.63) is 248 Å². The quantitative estimate of drug-likeness (QED) is 0.139. The van der Waals surface area contributed by atoms with E-state index in [2.05, 4.69) is 0 Å². The van der Waals surface area contributed by atoms with E-state index in [0.29, 0.717) is 27.6 Å². The fourth-order valence-corrected chi connectivity index (χ4v) is 8.12. The van der Waals surface area contributed by atoms with Crippen LogP contribution in [0.15, 0.2) is 248 Å². The van der Waals surface area contributed by atoms with Crippen LogP contribution in [0.25, 0.3) is 88.0 Å². The van der Waals surface area contributed by atoms with E-state index in [-0.39, 0.29) is 16.7 Å². The first-order valence-electron chi connectivity index (χ1n) is 26.0. The Balaban J connectivity index is 1.19. The molecule has 0 N–H and O–H groups in total. The molecule has 1 nitrogen and oxygen atoms in total. The highest BCUT2D eigenvalue weighted by atomic mass is 15.1. The fourth-order valence-electron chi connectivity index (χ4n) is 8.12. The minimum Gasteiger partial charge on any atom is -0.311 e. The van der Waals surface area contributed by atoms with Crippen LogP contribution in [-0.4, -0.2) is 0 Å². The number of rotatable bonds is 8. The minimum atomic E-state index is -0.679. The van der Waals surface area contributed by atoms with Crippen molar-refractivity contribution >= 4 is 49.4 Å². The smallest absolute Gasteiger partial charge is 0.0645 e. The maximum atomic E-state index is 9.83. The highest BCUT2D eigenvalue weighted by Gasteiger charge is 2.17. The van der Waals surface area contributed by atoms with Gasteiger partial charge in [-0.25, -0.2) is 0 Å². The normalized spacial score (nSPS) is 14.0. The summed E-state index contributed by atoms with van der Waals surface area (Å²) in [6.45, 7) is 0. The molecule has 61 heavy (non-hydrogen) atoms. The van der Waals surface area contributed by atoms with Crippen LogP contribution in [-0.2, 0) is 0 Å². The van der Waals surface area contributed by atoms with E-state index in [0.717, 1.165) is 48.5 Å². The van der Waals surface area contributed by atoms with Gasteiger partial charge < -0.3 is 4.90 Å². The van der Waals surface area contributed by atoms with Crippen molar-refractivity contribution in [2.24, 2.45) is 0 Å². The molecule has 0 aliphatic heterocycles. The summed E-state index contributed by atoms with van der Waals surface area (Å²) in [5, 5.41) is 4.88. The third-order valence-corrected chi connectivity index (χ3v) is 11.1. The van der Waals surface area contributed by atoms with Crippen molar-refractivity contribution in [3.8, 4) is 55.6 Å². The Hall–Kier alpha value is -8.00. The molecule has 0 saturated carbocycles. The first-order valence-corrected chi connectivity index (χ1v) is 20.0. The number of fused-ring (bicyclic) bond motifs is 4. The van der Waals surface area contributed by atoms with E-state index in [9.17, 15) is 16.4 Å². The van der Waals surface area contributed by atoms with Crippen molar-refractivity contribution in [2.75, 3.05) is 4.90 Å². The summed E-state index contributed by atoms with van der Waals surface area (Å²) in [6.07, 6.45) is 0. The van der Waals surface area contributed by atoms with Crippen LogP contribution in [0.2, 0.25) is 0 Å². The second kappa shape index (κ2) is 15.6. The largest absolute Gasteiger partial charge is 0.311 e. The molecule has 0 saturated heterocycles. The molecule has 0 spiro atoms. The molecule has 0 radical (unpaired) electrons. The Morgan fingerprint density at radius 3 is 1.30 bits per heavy atom. The standard InChI is InChI=1S/C60H41N/c1-3-13-42(14-4-1)43-23-25-44(26-24-43)45-27-34-51(35-28-45)61(53-38-31-48(32-39-53)59-41-50-18-8-9-19-54(50)57-21-11-12-22-58(57)59)52-36-29-47(30-37-52)56-40-33-46-15-7-10-20-55(46)60(56)49-16-5-2-6-17-49/h1-41H/i27D,28D,29D,30D,31D,32D,34D,35D,36D,37D,38D,39D. The fraction of sp³-hybridized carbons (Fsp3) is 0. The Kier molecular flexibility index (Phi) is 6.53. The number of nitrogens with zero attached hydrogens (tertiary/aromatic N) is 1. The first-order chi connectivity index (χ1) is 35.3. The molecule has 0 amide bonds. The van der Waals surface area contributed by atoms with Gasteiger partial charge in [0.1, 0.15) is 0 Å². The highest BCUT2D eigenvalue weighted by Crippen LogP contribution is 2.42. The summed E-state index contributed by atoms with van der Waals surface area (Å²) in [4.78, 5) is 0.870. The predicted octanol–water partition coefficient (Wildman–Crippen LogP) is 17.0. The monoisotopic (exact) mass is 787 g/mol. The molecule has 0 fully saturated rings. The topological polar surface area (TPSA) is 3.24 Å². The van der Waals surface area contributed by atoms with Crippen molar-refractivity contribution in [2.45, 2.75) is 0 Å². The molecule has 11 rings (SSSR count). The zero-order valence-electron chi connectivity index (χ0n) is 44.7. The van der Waals surface area contributed by atoms with E-state index < -0.39 is 89.6 Å². The summed E-state index contributed by atoms with van der Waals surface area (Å²) in [6, 6.07) is 47.0. The molecule has 0 atom stereocenters. The summed E-state index contributed by atoms with van der Waals surface area (Å²) in [5.41, 5.74) is 2.45. The van der Waals surface area contributed by atoms with Gasteiger partial charge in [-0.2, -0.15) is 0 Å². The summed E-state index contributed by atoms with van der Waals surface area (Å²) < 4.78 is 116. The summed E-state index contributed by atoms with van der Waals surface area (Å²) in [5.74, 6) is 0. The van der Waals surface area contributed by atoms with Crippen molar-refractivity contribution in [3.63, 3.8) is 0 Å². The average Bonchev–Trinajstić information content (AvgIpc) is 3.42.